The normalized spacial score (nSPS) is 15.6. The molecule has 0 bridgehead atoms. The lowest BCUT2D eigenvalue weighted by Gasteiger charge is -2.34. The van der Waals surface area contributed by atoms with Crippen molar-refractivity contribution in [2.75, 3.05) is 46.9 Å². The smallest absolute Gasteiger partial charge is 0.253 e. The second-order valence-electron chi connectivity index (χ2n) is 5.37. The Kier molecular flexibility index (Phi) is 5.91. The summed E-state index contributed by atoms with van der Waals surface area (Å²) >= 11 is 0. The Morgan fingerprint density at radius 1 is 1.14 bits per heavy atom. The summed E-state index contributed by atoms with van der Waals surface area (Å²) in [5.74, 6) is 0.0528. The highest BCUT2D eigenvalue weighted by Gasteiger charge is 2.22. The Balaban J connectivity index is 1.87. The van der Waals surface area contributed by atoms with Gasteiger partial charge in [-0.3, -0.25) is 14.5 Å². The fourth-order valence-electron chi connectivity index (χ4n) is 2.48. The van der Waals surface area contributed by atoms with Gasteiger partial charge in [-0.25, -0.2) is 0 Å². The molecule has 0 aromatic heterocycles. The summed E-state index contributed by atoms with van der Waals surface area (Å²) in [4.78, 5) is 27.7. The van der Waals surface area contributed by atoms with E-state index in [9.17, 15) is 9.59 Å². The van der Waals surface area contributed by atoms with E-state index in [4.69, 9.17) is 4.74 Å². The SMILES string of the molecule is CNC(=O)CN1CCN(C(=O)c2ccc(COC)cc2)CC1. The summed E-state index contributed by atoms with van der Waals surface area (Å²) in [6, 6.07) is 7.51. The predicted octanol–water partition coefficient (Wildman–Crippen LogP) is 0.337. The van der Waals surface area contributed by atoms with Gasteiger partial charge in [0, 0.05) is 45.9 Å². The average Bonchev–Trinajstić information content (AvgIpc) is 2.56. The number of benzene rings is 1. The molecule has 1 aromatic rings. The van der Waals surface area contributed by atoms with E-state index in [1.165, 1.54) is 0 Å². The maximum absolute atomic E-state index is 12.5. The quantitative estimate of drug-likeness (QED) is 0.852. The van der Waals surface area contributed by atoms with Gasteiger partial charge in [-0.05, 0) is 17.7 Å². The van der Waals surface area contributed by atoms with E-state index in [0.717, 1.165) is 18.7 Å². The standard InChI is InChI=1S/C16H23N3O3/c1-17-15(20)11-18-7-9-19(10-8-18)16(21)14-5-3-13(4-6-14)12-22-2/h3-6H,7-12H2,1-2H3,(H,17,20). The van der Waals surface area contributed by atoms with Crippen LogP contribution in [-0.2, 0) is 16.1 Å². The highest BCUT2D eigenvalue weighted by Crippen LogP contribution is 2.11. The van der Waals surface area contributed by atoms with Gasteiger partial charge in [-0.1, -0.05) is 12.1 Å². The van der Waals surface area contributed by atoms with Crippen LogP contribution in [0.5, 0.6) is 0 Å². The molecule has 0 spiro atoms. The lowest BCUT2D eigenvalue weighted by Crippen LogP contribution is -2.50. The molecular weight excluding hydrogens is 282 g/mol. The number of amides is 2. The van der Waals surface area contributed by atoms with Gasteiger partial charge in [0.25, 0.3) is 5.91 Å². The van der Waals surface area contributed by atoms with E-state index < -0.39 is 0 Å². The van der Waals surface area contributed by atoms with Crippen LogP contribution in [0.2, 0.25) is 0 Å². The minimum Gasteiger partial charge on any atom is -0.380 e. The molecule has 1 aliphatic heterocycles. The summed E-state index contributed by atoms with van der Waals surface area (Å²) in [6.45, 7) is 3.68. The first-order valence-corrected chi connectivity index (χ1v) is 7.44. The number of hydrogen-bond donors (Lipinski definition) is 1. The zero-order valence-corrected chi connectivity index (χ0v) is 13.2. The predicted molar refractivity (Wildman–Crippen MR) is 83.6 cm³/mol. The first-order chi connectivity index (χ1) is 10.6. The van der Waals surface area contributed by atoms with Crippen molar-refractivity contribution in [1.82, 2.24) is 15.1 Å². The summed E-state index contributed by atoms with van der Waals surface area (Å²) in [7, 11) is 3.28. The first-order valence-electron chi connectivity index (χ1n) is 7.44. The van der Waals surface area contributed by atoms with E-state index in [1.54, 1.807) is 14.2 Å². The highest BCUT2D eigenvalue weighted by atomic mass is 16.5. The maximum atomic E-state index is 12.5. The Bertz CT molecular complexity index is 508. The van der Waals surface area contributed by atoms with E-state index in [2.05, 4.69) is 10.2 Å². The second-order valence-corrected chi connectivity index (χ2v) is 5.37. The van der Waals surface area contributed by atoms with E-state index in [-0.39, 0.29) is 11.8 Å². The number of rotatable bonds is 5. The van der Waals surface area contributed by atoms with Crippen LogP contribution in [0.1, 0.15) is 15.9 Å². The fraction of sp³-hybridized carbons (Fsp3) is 0.500. The van der Waals surface area contributed by atoms with Gasteiger partial charge in [0.15, 0.2) is 0 Å². The van der Waals surface area contributed by atoms with Crippen LogP contribution >= 0.6 is 0 Å². The largest absolute Gasteiger partial charge is 0.380 e. The third-order valence-electron chi connectivity index (χ3n) is 3.82. The Hall–Kier alpha value is -1.92. The zero-order chi connectivity index (χ0) is 15.9. The molecule has 0 radical (unpaired) electrons. The molecular formula is C16H23N3O3. The van der Waals surface area contributed by atoms with Crippen LogP contribution in [0.4, 0.5) is 0 Å². The molecule has 6 nitrogen and oxygen atoms in total. The topological polar surface area (TPSA) is 61.9 Å². The molecule has 1 N–H and O–H groups in total. The van der Waals surface area contributed by atoms with E-state index >= 15 is 0 Å². The van der Waals surface area contributed by atoms with Crippen molar-refractivity contribution in [2.45, 2.75) is 6.61 Å². The number of carbonyl (C=O) groups excluding carboxylic acids is 2. The summed E-state index contributed by atoms with van der Waals surface area (Å²) < 4.78 is 5.06. The molecule has 2 rings (SSSR count). The second kappa shape index (κ2) is 7.91. The van der Waals surface area contributed by atoms with Crippen molar-refractivity contribution >= 4 is 11.8 Å². The number of likely N-dealkylation sites (N-methyl/N-ethyl adjacent to an activating group) is 1. The van der Waals surface area contributed by atoms with Crippen LogP contribution in [0.3, 0.4) is 0 Å². The molecule has 6 heteroatoms. The molecule has 22 heavy (non-hydrogen) atoms. The summed E-state index contributed by atoms with van der Waals surface area (Å²) in [5, 5.41) is 2.62. The summed E-state index contributed by atoms with van der Waals surface area (Å²) in [5.41, 5.74) is 1.74. The van der Waals surface area contributed by atoms with Crippen molar-refractivity contribution in [1.29, 1.82) is 0 Å². The Labute approximate surface area is 131 Å². The molecule has 0 unspecified atom stereocenters. The van der Waals surface area contributed by atoms with Crippen LogP contribution in [0.15, 0.2) is 24.3 Å². The fourth-order valence-corrected chi connectivity index (χ4v) is 2.48. The number of ether oxygens (including phenoxy) is 1. The van der Waals surface area contributed by atoms with Gasteiger partial charge in [-0.2, -0.15) is 0 Å². The lowest BCUT2D eigenvalue weighted by molar-refractivity contribution is -0.122. The molecule has 1 fully saturated rings. The number of nitrogens with one attached hydrogen (secondary N) is 1. The van der Waals surface area contributed by atoms with Gasteiger partial charge < -0.3 is 15.0 Å². The average molecular weight is 305 g/mol. The molecule has 2 amide bonds. The van der Waals surface area contributed by atoms with Gasteiger partial charge in [0.2, 0.25) is 5.91 Å². The Morgan fingerprint density at radius 2 is 1.77 bits per heavy atom. The van der Waals surface area contributed by atoms with Crippen molar-refractivity contribution in [2.24, 2.45) is 0 Å². The van der Waals surface area contributed by atoms with Crippen molar-refractivity contribution < 1.29 is 14.3 Å². The monoisotopic (exact) mass is 305 g/mol. The Morgan fingerprint density at radius 3 is 2.32 bits per heavy atom. The molecule has 1 heterocycles. The molecule has 1 saturated heterocycles. The minimum atomic E-state index is 0.00788. The third-order valence-corrected chi connectivity index (χ3v) is 3.82. The molecule has 1 aliphatic rings. The molecule has 1 aromatic carbocycles. The zero-order valence-electron chi connectivity index (χ0n) is 13.2. The number of piperazine rings is 1. The molecule has 120 valence electrons. The number of hydrogen-bond acceptors (Lipinski definition) is 4. The summed E-state index contributed by atoms with van der Waals surface area (Å²) in [6.07, 6.45) is 0. The van der Waals surface area contributed by atoms with Gasteiger partial charge >= 0.3 is 0 Å². The number of carbonyl (C=O) groups is 2. The van der Waals surface area contributed by atoms with Gasteiger partial charge in [0.05, 0.1) is 13.2 Å². The lowest BCUT2D eigenvalue weighted by atomic mass is 10.1. The van der Waals surface area contributed by atoms with Gasteiger partial charge in [0.1, 0.15) is 0 Å². The third kappa shape index (κ3) is 4.29. The van der Waals surface area contributed by atoms with Crippen molar-refractivity contribution in [3.05, 3.63) is 35.4 Å². The van der Waals surface area contributed by atoms with Gasteiger partial charge in [-0.15, -0.1) is 0 Å². The van der Waals surface area contributed by atoms with Crippen LogP contribution in [-0.4, -0.2) is 68.5 Å². The number of nitrogens with zero attached hydrogens (tertiary/aromatic N) is 2. The van der Waals surface area contributed by atoms with Crippen LogP contribution in [0, 0.1) is 0 Å². The minimum absolute atomic E-state index is 0.00788. The van der Waals surface area contributed by atoms with E-state index in [1.807, 2.05) is 29.2 Å². The maximum Gasteiger partial charge on any atom is 0.253 e. The first kappa shape index (κ1) is 16.5. The van der Waals surface area contributed by atoms with Crippen LogP contribution in [0.25, 0.3) is 0 Å². The van der Waals surface area contributed by atoms with Crippen molar-refractivity contribution in [3.8, 4) is 0 Å². The number of methoxy groups -OCH3 is 1. The molecule has 0 saturated carbocycles. The molecule has 0 atom stereocenters. The molecule has 0 aliphatic carbocycles. The van der Waals surface area contributed by atoms with E-state index in [0.29, 0.717) is 31.8 Å². The van der Waals surface area contributed by atoms with Crippen molar-refractivity contribution in [3.63, 3.8) is 0 Å². The highest BCUT2D eigenvalue weighted by molar-refractivity contribution is 5.94. The van der Waals surface area contributed by atoms with Crippen LogP contribution < -0.4 is 5.32 Å².